The quantitative estimate of drug-likeness (QED) is 0.359. The lowest BCUT2D eigenvalue weighted by molar-refractivity contribution is -0.127. The molecule has 0 radical (unpaired) electrons. The molecule has 0 unspecified atom stereocenters. The van der Waals surface area contributed by atoms with Crippen molar-refractivity contribution in [3.05, 3.63) is 71.4 Å². The molecular formula is C24H21FN6O3. The van der Waals surface area contributed by atoms with Crippen LogP contribution in [0.2, 0.25) is 0 Å². The van der Waals surface area contributed by atoms with E-state index in [0.29, 0.717) is 41.4 Å². The zero-order valence-electron chi connectivity index (χ0n) is 18.3. The number of amides is 2. The van der Waals surface area contributed by atoms with Crippen molar-refractivity contribution >= 4 is 28.5 Å². The zero-order valence-corrected chi connectivity index (χ0v) is 18.3. The predicted molar refractivity (Wildman–Crippen MR) is 122 cm³/mol. The van der Waals surface area contributed by atoms with Gasteiger partial charge in [0.05, 0.1) is 11.1 Å². The van der Waals surface area contributed by atoms with Gasteiger partial charge in [0.15, 0.2) is 5.82 Å². The molecule has 0 saturated carbocycles. The van der Waals surface area contributed by atoms with Gasteiger partial charge in [0.25, 0.3) is 17.6 Å². The van der Waals surface area contributed by atoms with Gasteiger partial charge in [0.2, 0.25) is 0 Å². The molecule has 1 aliphatic heterocycles. The van der Waals surface area contributed by atoms with Crippen LogP contribution in [0.25, 0.3) is 22.3 Å². The summed E-state index contributed by atoms with van der Waals surface area (Å²) in [5.74, 6) is -1.33. The first-order valence-corrected chi connectivity index (χ1v) is 10.8. The Morgan fingerprint density at radius 3 is 2.35 bits per heavy atom. The lowest BCUT2D eigenvalue weighted by Crippen LogP contribution is -2.52. The Morgan fingerprint density at radius 2 is 1.68 bits per heavy atom. The van der Waals surface area contributed by atoms with Crippen molar-refractivity contribution in [1.82, 2.24) is 30.0 Å². The molecule has 5 rings (SSSR count). The third-order valence-electron chi connectivity index (χ3n) is 5.94. The number of piperazine rings is 1. The topological polar surface area (TPSA) is 115 Å². The summed E-state index contributed by atoms with van der Waals surface area (Å²) in [5, 5.41) is 6.86. The number of nitrogens with zero attached hydrogens (tertiary/aromatic N) is 4. The lowest BCUT2D eigenvalue weighted by atomic mass is 10.0. The molecule has 0 bridgehead atoms. The van der Waals surface area contributed by atoms with Crippen molar-refractivity contribution in [2.24, 2.45) is 0 Å². The lowest BCUT2D eigenvalue weighted by Gasteiger charge is -2.34. The maximum absolute atomic E-state index is 14.8. The Balaban J connectivity index is 1.35. The molecule has 34 heavy (non-hydrogen) atoms. The molecule has 1 fully saturated rings. The van der Waals surface area contributed by atoms with Crippen molar-refractivity contribution in [2.45, 2.75) is 6.92 Å². The number of benzene rings is 2. The predicted octanol–water partition coefficient (Wildman–Crippen LogP) is 2.57. The molecule has 2 N–H and O–H groups in total. The molecule has 0 atom stereocenters. The van der Waals surface area contributed by atoms with Crippen LogP contribution in [0.5, 0.6) is 0 Å². The first kappa shape index (κ1) is 21.5. The number of hydrogen-bond donors (Lipinski definition) is 2. The smallest absolute Gasteiger partial charge is 0.295 e. The van der Waals surface area contributed by atoms with Gasteiger partial charge in [0, 0.05) is 48.9 Å². The number of rotatable bonds is 4. The Labute approximate surface area is 193 Å². The first-order valence-electron chi connectivity index (χ1n) is 10.8. The third kappa shape index (κ3) is 3.72. The Morgan fingerprint density at radius 1 is 0.971 bits per heavy atom. The van der Waals surface area contributed by atoms with Gasteiger partial charge in [-0.1, -0.05) is 18.2 Å². The number of H-pyrrole nitrogens is 2. The van der Waals surface area contributed by atoms with Gasteiger partial charge < -0.3 is 14.8 Å². The van der Waals surface area contributed by atoms with E-state index < -0.39 is 17.5 Å². The minimum Gasteiger partial charge on any atom is -0.360 e. The molecule has 2 amide bonds. The SMILES string of the molecule is Cc1nc(-c2ccc(F)c3c(C(=O)C(=O)N4CCN(C(=O)c5ccccc5)CC4)c[nH]c23)n[nH]1. The summed E-state index contributed by atoms with van der Waals surface area (Å²) in [6.45, 7) is 2.80. The van der Waals surface area contributed by atoms with Gasteiger partial charge in [-0.05, 0) is 31.2 Å². The molecule has 2 aromatic heterocycles. The first-order chi connectivity index (χ1) is 16.4. The minimum absolute atomic E-state index is 0.0243. The number of hydrogen-bond acceptors (Lipinski definition) is 5. The molecule has 172 valence electrons. The van der Waals surface area contributed by atoms with Gasteiger partial charge in [-0.15, -0.1) is 0 Å². The molecule has 9 nitrogen and oxygen atoms in total. The van der Waals surface area contributed by atoms with E-state index in [1.807, 2.05) is 6.07 Å². The van der Waals surface area contributed by atoms with Crippen LogP contribution in [0, 0.1) is 12.7 Å². The standard InChI is InChI=1S/C24H21FN6O3/c1-14-27-22(29-28-14)16-7-8-18(25)19-17(13-26-20(16)19)21(32)24(34)31-11-9-30(10-12-31)23(33)15-5-3-2-4-6-15/h2-8,13,26H,9-12H2,1H3,(H,27,28,29). The number of aryl methyl sites for hydroxylation is 1. The van der Waals surface area contributed by atoms with E-state index in [2.05, 4.69) is 20.2 Å². The van der Waals surface area contributed by atoms with E-state index in [1.54, 1.807) is 36.1 Å². The summed E-state index contributed by atoms with van der Waals surface area (Å²) in [7, 11) is 0. The highest BCUT2D eigenvalue weighted by atomic mass is 19.1. The Hall–Kier alpha value is -4.34. The number of aromatic amines is 2. The zero-order chi connectivity index (χ0) is 23.8. The van der Waals surface area contributed by atoms with E-state index in [9.17, 15) is 18.8 Å². The maximum atomic E-state index is 14.8. The highest BCUT2D eigenvalue weighted by Gasteiger charge is 2.31. The van der Waals surface area contributed by atoms with Crippen LogP contribution < -0.4 is 0 Å². The summed E-state index contributed by atoms with van der Waals surface area (Å²) in [4.78, 5) is 48.9. The summed E-state index contributed by atoms with van der Waals surface area (Å²) in [6.07, 6.45) is 1.34. The number of nitrogens with one attached hydrogen (secondary N) is 2. The van der Waals surface area contributed by atoms with Gasteiger partial charge >= 0.3 is 0 Å². The van der Waals surface area contributed by atoms with Gasteiger partial charge in [-0.25, -0.2) is 9.37 Å². The van der Waals surface area contributed by atoms with Gasteiger partial charge in [0.1, 0.15) is 11.6 Å². The number of carbonyl (C=O) groups excluding carboxylic acids is 3. The number of halogens is 1. The largest absolute Gasteiger partial charge is 0.360 e. The van der Waals surface area contributed by atoms with E-state index >= 15 is 0 Å². The fraction of sp³-hybridized carbons (Fsp3) is 0.208. The van der Waals surface area contributed by atoms with Crippen LogP contribution in [-0.4, -0.2) is 73.7 Å². The number of aromatic nitrogens is 4. The molecule has 1 aliphatic rings. The molecular weight excluding hydrogens is 439 g/mol. The summed E-state index contributed by atoms with van der Waals surface area (Å²) < 4.78 is 14.8. The summed E-state index contributed by atoms with van der Waals surface area (Å²) in [5.41, 5.74) is 1.38. The van der Waals surface area contributed by atoms with Crippen LogP contribution in [0.4, 0.5) is 4.39 Å². The normalized spacial score (nSPS) is 13.9. The van der Waals surface area contributed by atoms with Gasteiger partial charge in [-0.2, -0.15) is 5.10 Å². The second-order valence-electron chi connectivity index (χ2n) is 8.07. The average Bonchev–Trinajstić information content (AvgIpc) is 3.51. The molecule has 2 aromatic carbocycles. The molecule has 1 saturated heterocycles. The van der Waals surface area contributed by atoms with Crippen LogP contribution in [0.3, 0.4) is 0 Å². The molecule has 3 heterocycles. The van der Waals surface area contributed by atoms with Crippen molar-refractivity contribution in [3.63, 3.8) is 0 Å². The van der Waals surface area contributed by atoms with Crippen LogP contribution >= 0.6 is 0 Å². The second-order valence-corrected chi connectivity index (χ2v) is 8.07. The van der Waals surface area contributed by atoms with Crippen molar-refractivity contribution < 1.29 is 18.8 Å². The fourth-order valence-electron chi connectivity index (χ4n) is 4.17. The highest BCUT2D eigenvalue weighted by molar-refractivity contribution is 6.45. The summed E-state index contributed by atoms with van der Waals surface area (Å²) >= 11 is 0. The molecule has 10 heteroatoms. The second kappa shape index (κ2) is 8.54. The van der Waals surface area contributed by atoms with Crippen LogP contribution in [0.15, 0.2) is 48.7 Å². The Bertz CT molecular complexity index is 1400. The summed E-state index contributed by atoms with van der Waals surface area (Å²) in [6, 6.07) is 11.7. The highest BCUT2D eigenvalue weighted by Crippen LogP contribution is 2.30. The van der Waals surface area contributed by atoms with Gasteiger partial charge in [-0.3, -0.25) is 19.5 Å². The fourth-order valence-corrected chi connectivity index (χ4v) is 4.17. The average molecular weight is 460 g/mol. The monoisotopic (exact) mass is 460 g/mol. The van der Waals surface area contributed by atoms with Crippen molar-refractivity contribution in [1.29, 1.82) is 0 Å². The number of Topliss-reactive ketones (excluding diaryl/α,β-unsaturated/α-hetero) is 1. The number of fused-ring (bicyclic) bond motifs is 1. The van der Waals surface area contributed by atoms with Crippen molar-refractivity contribution in [3.8, 4) is 11.4 Å². The molecule has 0 aliphatic carbocycles. The van der Waals surface area contributed by atoms with E-state index in [0.717, 1.165) is 0 Å². The van der Waals surface area contributed by atoms with E-state index in [1.165, 1.54) is 23.2 Å². The van der Waals surface area contributed by atoms with Crippen LogP contribution in [-0.2, 0) is 4.79 Å². The van der Waals surface area contributed by atoms with Crippen LogP contribution in [0.1, 0.15) is 26.5 Å². The molecule has 4 aromatic rings. The maximum Gasteiger partial charge on any atom is 0.295 e. The van der Waals surface area contributed by atoms with Crippen molar-refractivity contribution in [2.75, 3.05) is 26.2 Å². The number of ketones is 1. The van der Waals surface area contributed by atoms with E-state index in [-0.39, 0.29) is 29.9 Å². The molecule has 0 spiro atoms. The Kier molecular flexibility index (Phi) is 5.40. The van der Waals surface area contributed by atoms with E-state index in [4.69, 9.17) is 0 Å². The number of carbonyl (C=O) groups is 3. The minimum atomic E-state index is -0.809. The third-order valence-corrected chi connectivity index (χ3v) is 5.94.